The first kappa shape index (κ1) is 17.9. The minimum Gasteiger partial charge on any atom is -0.258 e. The van der Waals surface area contributed by atoms with Crippen molar-refractivity contribution in [1.82, 2.24) is 0 Å². The molecule has 8 heteroatoms. The standard InChI is InChI=1S/C7H5ClNO5P.C4H10/c8-6-2-1-5(4-14-15(12)13)7(3-6)9(10)11;1-3-4-2/h1-3H,4H2;3-4H2,1-2H3/p+1. The van der Waals surface area contributed by atoms with Gasteiger partial charge >= 0.3 is 8.25 Å². The molecule has 0 spiro atoms. The number of rotatable bonds is 5. The third kappa shape index (κ3) is 7.85. The molecule has 0 aliphatic carbocycles. The molecule has 0 aliphatic rings. The van der Waals surface area contributed by atoms with Crippen molar-refractivity contribution in [1.29, 1.82) is 0 Å². The van der Waals surface area contributed by atoms with Gasteiger partial charge in [0.05, 0.1) is 10.5 Å². The number of hydrogen-bond acceptors (Lipinski definition) is 4. The van der Waals surface area contributed by atoms with Gasteiger partial charge in [0.2, 0.25) is 0 Å². The van der Waals surface area contributed by atoms with E-state index in [1.54, 1.807) is 0 Å². The molecule has 0 fully saturated rings. The summed E-state index contributed by atoms with van der Waals surface area (Å²) < 4.78 is 14.6. The Bertz CT molecular complexity index is 439. The van der Waals surface area contributed by atoms with E-state index in [1.165, 1.54) is 25.0 Å². The fourth-order valence-electron chi connectivity index (χ4n) is 0.954. The van der Waals surface area contributed by atoms with Crippen LogP contribution in [0.4, 0.5) is 5.69 Å². The zero-order valence-corrected chi connectivity index (χ0v) is 12.4. The molecule has 1 aromatic rings. The molecule has 106 valence electrons. The third-order valence-corrected chi connectivity index (χ3v) is 2.66. The molecule has 0 saturated carbocycles. The van der Waals surface area contributed by atoms with Gasteiger partial charge in [0.15, 0.2) is 0 Å². The van der Waals surface area contributed by atoms with Crippen LogP contribution < -0.4 is 0 Å². The first-order valence-electron chi connectivity index (χ1n) is 5.64. The quantitative estimate of drug-likeness (QED) is 0.499. The molecule has 0 amide bonds. The number of nitro benzene ring substituents is 1. The van der Waals surface area contributed by atoms with Crippen molar-refractivity contribution in [2.75, 3.05) is 0 Å². The zero-order chi connectivity index (χ0) is 14.8. The molecule has 1 N–H and O–H groups in total. The maximum absolute atomic E-state index is 10.6. The van der Waals surface area contributed by atoms with Gasteiger partial charge in [-0.1, -0.05) is 38.3 Å². The molecule has 0 radical (unpaired) electrons. The van der Waals surface area contributed by atoms with Gasteiger partial charge in [-0.05, 0) is 12.1 Å². The number of hydrogen-bond donors (Lipinski definition) is 1. The highest BCUT2D eigenvalue weighted by molar-refractivity contribution is 7.32. The van der Waals surface area contributed by atoms with Crippen LogP contribution in [0, 0.1) is 10.1 Å². The monoisotopic (exact) mass is 308 g/mol. The summed E-state index contributed by atoms with van der Waals surface area (Å²) in [5, 5.41) is 10.8. The van der Waals surface area contributed by atoms with Crippen molar-refractivity contribution in [3.8, 4) is 0 Å². The number of nitro groups is 1. The lowest BCUT2D eigenvalue weighted by Gasteiger charge is -1.98. The van der Waals surface area contributed by atoms with Gasteiger partial charge in [-0.2, -0.15) is 0 Å². The van der Waals surface area contributed by atoms with Crippen molar-refractivity contribution in [3.63, 3.8) is 0 Å². The maximum atomic E-state index is 10.6. The van der Waals surface area contributed by atoms with E-state index in [-0.39, 0.29) is 22.9 Å². The van der Waals surface area contributed by atoms with Gasteiger partial charge < -0.3 is 0 Å². The highest BCUT2D eigenvalue weighted by Crippen LogP contribution is 2.26. The van der Waals surface area contributed by atoms with E-state index in [0.717, 1.165) is 6.07 Å². The molecule has 0 bridgehead atoms. The Labute approximate surface area is 117 Å². The van der Waals surface area contributed by atoms with E-state index >= 15 is 0 Å². The van der Waals surface area contributed by atoms with E-state index in [9.17, 15) is 14.7 Å². The van der Waals surface area contributed by atoms with Crippen LogP contribution in [0.2, 0.25) is 5.02 Å². The highest BCUT2D eigenvalue weighted by Gasteiger charge is 2.19. The first-order chi connectivity index (χ1) is 8.92. The van der Waals surface area contributed by atoms with Crippen LogP contribution in [0.25, 0.3) is 0 Å². The van der Waals surface area contributed by atoms with Crippen LogP contribution in [0.3, 0.4) is 0 Å². The molecule has 1 unspecified atom stereocenters. The van der Waals surface area contributed by atoms with Gasteiger partial charge in [0, 0.05) is 15.7 Å². The lowest BCUT2D eigenvalue weighted by Crippen LogP contribution is -1.96. The fraction of sp³-hybridized carbons (Fsp3) is 0.455. The van der Waals surface area contributed by atoms with E-state index in [0.29, 0.717) is 0 Å². The summed E-state index contributed by atoms with van der Waals surface area (Å²) in [5.41, 5.74) is -0.0406. The Kier molecular flexibility index (Phi) is 9.26. The van der Waals surface area contributed by atoms with Crippen molar-refractivity contribution in [2.45, 2.75) is 33.3 Å². The molecule has 6 nitrogen and oxygen atoms in total. The second-order valence-corrected chi connectivity index (χ2v) is 4.71. The molecule has 1 rings (SSSR count). The summed E-state index contributed by atoms with van der Waals surface area (Å²) in [6.07, 6.45) is 2.64. The van der Waals surface area contributed by atoms with Crippen molar-refractivity contribution < 1.29 is 18.9 Å². The Balaban J connectivity index is 0.000000711. The van der Waals surface area contributed by atoms with Gasteiger partial charge in [-0.3, -0.25) is 10.1 Å². The number of nitrogens with zero attached hydrogens (tertiary/aromatic N) is 1. The smallest absolute Gasteiger partial charge is 0.258 e. The predicted octanol–water partition coefficient (Wildman–Crippen LogP) is 4.22. The minimum absolute atomic E-state index is 0.196. The number of benzene rings is 1. The van der Waals surface area contributed by atoms with Gasteiger partial charge in [-0.15, -0.1) is 9.42 Å². The summed E-state index contributed by atoms with van der Waals surface area (Å²) in [6.45, 7) is 4.05. The Morgan fingerprint density at radius 3 is 2.42 bits per heavy atom. The molecule has 0 heterocycles. The molecule has 0 aromatic heterocycles. The first-order valence-corrected chi connectivity index (χ1v) is 7.15. The molecule has 1 atom stereocenters. The van der Waals surface area contributed by atoms with Crippen molar-refractivity contribution in [3.05, 3.63) is 38.9 Å². The molecule has 1 aromatic carbocycles. The maximum Gasteiger partial charge on any atom is 0.695 e. The topological polar surface area (TPSA) is 89.7 Å². The summed E-state index contributed by atoms with van der Waals surface area (Å²) in [4.78, 5) is 18.3. The third-order valence-electron chi connectivity index (χ3n) is 2.07. The number of halogens is 1. The molecular weight excluding hydrogens is 293 g/mol. The van der Waals surface area contributed by atoms with Crippen LogP contribution in [0.1, 0.15) is 32.3 Å². The summed E-state index contributed by atoms with van der Waals surface area (Å²) >= 11 is 5.57. The second kappa shape index (κ2) is 9.81. The molecule has 19 heavy (non-hydrogen) atoms. The summed E-state index contributed by atoms with van der Waals surface area (Å²) in [7, 11) is -2.77. The fourth-order valence-corrected chi connectivity index (χ4v) is 1.37. The van der Waals surface area contributed by atoms with Crippen LogP contribution in [-0.4, -0.2) is 9.82 Å². The normalized spacial score (nSPS) is 10.4. The molecule has 0 saturated heterocycles. The van der Waals surface area contributed by atoms with Crippen molar-refractivity contribution in [2.24, 2.45) is 0 Å². The van der Waals surface area contributed by atoms with Gasteiger partial charge in [0.1, 0.15) is 6.61 Å². The highest BCUT2D eigenvalue weighted by atomic mass is 35.5. The average molecular weight is 309 g/mol. The molecule has 0 aliphatic heterocycles. The second-order valence-electron chi connectivity index (χ2n) is 3.54. The van der Waals surface area contributed by atoms with Gasteiger partial charge in [0.25, 0.3) is 5.69 Å². The van der Waals surface area contributed by atoms with E-state index < -0.39 is 13.2 Å². The van der Waals surface area contributed by atoms with E-state index in [4.69, 9.17) is 16.5 Å². The minimum atomic E-state index is -2.77. The van der Waals surface area contributed by atoms with Crippen LogP contribution >= 0.6 is 19.9 Å². The lowest BCUT2D eigenvalue weighted by atomic mass is 10.2. The van der Waals surface area contributed by atoms with Crippen LogP contribution in [0.15, 0.2) is 18.2 Å². The Hall–Kier alpha value is -1.07. The predicted molar refractivity (Wildman–Crippen MR) is 73.3 cm³/mol. The number of unbranched alkanes of at least 4 members (excludes halogenated alkanes) is 1. The Morgan fingerprint density at radius 1 is 1.42 bits per heavy atom. The SMILES string of the molecule is CCCC.O=[N+]([O-])c1cc(Cl)ccc1CO[P+](=O)O. The zero-order valence-electron chi connectivity index (χ0n) is 10.7. The van der Waals surface area contributed by atoms with Crippen LogP contribution in [-0.2, 0) is 15.7 Å². The summed E-state index contributed by atoms with van der Waals surface area (Å²) in [6, 6.07) is 3.97. The van der Waals surface area contributed by atoms with Crippen molar-refractivity contribution >= 4 is 25.5 Å². The van der Waals surface area contributed by atoms with Gasteiger partial charge in [-0.25, -0.2) is 0 Å². The van der Waals surface area contributed by atoms with E-state index in [2.05, 4.69) is 18.4 Å². The average Bonchev–Trinajstić information content (AvgIpc) is 2.37. The molecular formula is C11H16ClNO5P+. The van der Waals surface area contributed by atoms with E-state index in [1.807, 2.05) is 0 Å². The summed E-state index contributed by atoms with van der Waals surface area (Å²) in [5.74, 6) is 0. The Morgan fingerprint density at radius 2 is 2.00 bits per heavy atom. The lowest BCUT2D eigenvalue weighted by molar-refractivity contribution is -0.385. The van der Waals surface area contributed by atoms with Crippen LogP contribution in [0.5, 0.6) is 0 Å². The largest absolute Gasteiger partial charge is 0.695 e.